The number of anilines is 1. The summed E-state index contributed by atoms with van der Waals surface area (Å²) in [5, 5.41) is 8.36. The molecule has 0 bridgehead atoms. The van der Waals surface area contributed by atoms with Gasteiger partial charge in [-0.15, -0.1) is 0 Å². The molecule has 0 atom stereocenters. The Kier molecular flexibility index (Phi) is 2.90. The number of nitrogens with one attached hydrogen (secondary N) is 1. The smallest absolute Gasteiger partial charge is 0.177 e. The molecule has 2 rings (SSSR count). The van der Waals surface area contributed by atoms with E-state index in [1.54, 1.807) is 0 Å². The highest BCUT2D eigenvalue weighted by Gasteiger charge is 2.05. The number of nitrogens with zero attached hydrogens (tertiary/aromatic N) is 1. The third-order valence-corrected chi connectivity index (χ3v) is 2.39. The van der Waals surface area contributed by atoms with Crippen LogP contribution in [0.2, 0.25) is 0 Å². The fourth-order valence-corrected chi connectivity index (χ4v) is 1.49. The van der Waals surface area contributed by atoms with E-state index in [4.69, 9.17) is 4.52 Å². The van der Waals surface area contributed by atoms with Crippen molar-refractivity contribution in [2.45, 2.75) is 20.3 Å². The van der Waals surface area contributed by atoms with Gasteiger partial charge < -0.3 is 9.84 Å². The van der Waals surface area contributed by atoms with Crippen molar-refractivity contribution in [3.05, 3.63) is 24.3 Å². The molecule has 0 aliphatic heterocycles. The number of para-hydroxylation sites is 1. The van der Waals surface area contributed by atoms with Gasteiger partial charge in [-0.3, -0.25) is 0 Å². The summed E-state index contributed by atoms with van der Waals surface area (Å²) in [6.07, 6.45) is 1.14. The Balaban J connectivity index is 2.08. The fraction of sp³-hybridized carbons (Fsp3) is 0.417. The molecule has 1 aromatic heterocycles. The average molecular weight is 204 g/mol. The molecular weight excluding hydrogens is 188 g/mol. The molecule has 0 radical (unpaired) electrons. The molecule has 3 nitrogen and oxygen atoms in total. The molecule has 0 spiro atoms. The number of hydrogen-bond donors (Lipinski definition) is 1. The quantitative estimate of drug-likeness (QED) is 0.830. The van der Waals surface area contributed by atoms with Crippen molar-refractivity contribution in [1.29, 1.82) is 0 Å². The molecule has 15 heavy (non-hydrogen) atoms. The lowest BCUT2D eigenvalue weighted by Crippen LogP contribution is -2.04. The topological polar surface area (TPSA) is 38.1 Å². The maximum absolute atomic E-state index is 5.19. The van der Waals surface area contributed by atoms with Crippen LogP contribution in [0.1, 0.15) is 20.3 Å². The van der Waals surface area contributed by atoms with E-state index in [1.165, 1.54) is 0 Å². The van der Waals surface area contributed by atoms with Crippen LogP contribution in [0.15, 0.2) is 28.8 Å². The molecule has 80 valence electrons. The van der Waals surface area contributed by atoms with Gasteiger partial charge >= 0.3 is 0 Å². The predicted octanol–water partition coefficient (Wildman–Crippen LogP) is 3.29. The van der Waals surface area contributed by atoms with E-state index in [0.29, 0.717) is 5.92 Å². The van der Waals surface area contributed by atoms with Crippen LogP contribution in [0, 0.1) is 5.92 Å². The van der Waals surface area contributed by atoms with Crippen LogP contribution in [0.5, 0.6) is 0 Å². The minimum Gasteiger partial charge on any atom is -0.367 e. The molecular formula is C12H16N2O. The predicted molar refractivity (Wildman–Crippen MR) is 62.0 cm³/mol. The summed E-state index contributed by atoms with van der Waals surface area (Å²) in [6.45, 7) is 5.36. The molecule has 0 aliphatic carbocycles. The maximum atomic E-state index is 5.19. The van der Waals surface area contributed by atoms with E-state index in [-0.39, 0.29) is 0 Å². The second kappa shape index (κ2) is 4.34. The zero-order valence-corrected chi connectivity index (χ0v) is 9.16. The van der Waals surface area contributed by atoms with E-state index in [2.05, 4.69) is 24.3 Å². The normalized spacial score (nSPS) is 11.1. The molecule has 0 saturated carbocycles. The van der Waals surface area contributed by atoms with Crippen LogP contribution in [0.4, 0.5) is 5.82 Å². The van der Waals surface area contributed by atoms with Gasteiger partial charge in [0.2, 0.25) is 0 Å². The van der Waals surface area contributed by atoms with Crippen LogP contribution >= 0.6 is 0 Å². The highest BCUT2D eigenvalue weighted by Crippen LogP contribution is 2.21. The van der Waals surface area contributed by atoms with E-state index in [9.17, 15) is 0 Å². The monoisotopic (exact) mass is 204 g/mol. The van der Waals surface area contributed by atoms with Gasteiger partial charge in [-0.2, -0.15) is 0 Å². The Hall–Kier alpha value is -1.51. The van der Waals surface area contributed by atoms with E-state index in [0.717, 1.165) is 29.8 Å². The molecule has 3 heteroatoms. The van der Waals surface area contributed by atoms with Crippen molar-refractivity contribution in [3.8, 4) is 0 Å². The van der Waals surface area contributed by atoms with Crippen molar-refractivity contribution in [1.82, 2.24) is 5.16 Å². The number of rotatable bonds is 4. The largest absolute Gasteiger partial charge is 0.367 e. The molecule has 1 aromatic carbocycles. The molecule has 1 N–H and O–H groups in total. The van der Waals surface area contributed by atoms with Gasteiger partial charge in [-0.25, -0.2) is 0 Å². The highest BCUT2D eigenvalue weighted by atomic mass is 16.5. The van der Waals surface area contributed by atoms with Crippen molar-refractivity contribution in [2.24, 2.45) is 5.92 Å². The number of benzene rings is 1. The zero-order valence-electron chi connectivity index (χ0n) is 9.16. The molecule has 1 heterocycles. The summed E-state index contributed by atoms with van der Waals surface area (Å²) >= 11 is 0. The summed E-state index contributed by atoms with van der Waals surface area (Å²) in [6, 6.07) is 7.89. The molecule has 0 amide bonds. The van der Waals surface area contributed by atoms with Gasteiger partial charge in [0.15, 0.2) is 11.4 Å². The lowest BCUT2D eigenvalue weighted by Gasteiger charge is -2.04. The molecule has 0 saturated heterocycles. The van der Waals surface area contributed by atoms with Gasteiger partial charge in [0, 0.05) is 6.54 Å². The van der Waals surface area contributed by atoms with Gasteiger partial charge in [-0.05, 0) is 24.5 Å². The second-order valence-electron chi connectivity index (χ2n) is 4.14. The van der Waals surface area contributed by atoms with Gasteiger partial charge in [0.1, 0.15) is 0 Å². The first-order chi connectivity index (χ1) is 7.27. The standard InChI is InChI=1S/C12H16N2O/c1-9(2)7-8-13-12-10-5-3-4-6-11(10)15-14-12/h3-6,9H,7-8H2,1-2H3,(H,13,14). The second-order valence-corrected chi connectivity index (χ2v) is 4.14. The van der Waals surface area contributed by atoms with Crippen molar-refractivity contribution >= 4 is 16.8 Å². The summed E-state index contributed by atoms with van der Waals surface area (Å²) in [4.78, 5) is 0. The van der Waals surface area contributed by atoms with Crippen LogP contribution in [0.25, 0.3) is 11.0 Å². The molecule has 0 fully saturated rings. The summed E-state index contributed by atoms with van der Waals surface area (Å²) in [5.74, 6) is 1.56. The van der Waals surface area contributed by atoms with E-state index < -0.39 is 0 Å². The van der Waals surface area contributed by atoms with Crippen LogP contribution in [-0.2, 0) is 0 Å². The van der Waals surface area contributed by atoms with Crippen LogP contribution in [-0.4, -0.2) is 11.7 Å². The van der Waals surface area contributed by atoms with Crippen LogP contribution in [0.3, 0.4) is 0 Å². The molecule has 0 aliphatic rings. The number of fused-ring (bicyclic) bond motifs is 1. The van der Waals surface area contributed by atoms with E-state index >= 15 is 0 Å². The lowest BCUT2D eigenvalue weighted by atomic mass is 10.1. The fourth-order valence-electron chi connectivity index (χ4n) is 1.49. The summed E-state index contributed by atoms with van der Waals surface area (Å²) < 4.78 is 5.19. The minimum absolute atomic E-state index is 0.704. The average Bonchev–Trinajstić information content (AvgIpc) is 2.62. The Morgan fingerprint density at radius 3 is 2.93 bits per heavy atom. The van der Waals surface area contributed by atoms with E-state index in [1.807, 2.05) is 24.3 Å². The highest BCUT2D eigenvalue weighted by molar-refractivity contribution is 5.87. The summed E-state index contributed by atoms with van der Waals surface area (Å²) in [7, 11) is 0. The van der Waals surface area contributed by atoms with Crippen molar-refractivity contribution < 1.29 is 4.52 Å². The maximum Gasteiger partial charge on any atom is 0.177 e. The first-order valence-corrected chi connectivity index (χ1v) is 5.35. The Morgan fingerprint density at radius 2 is 2.13 bits per heavy atom. The number of aromatic nitrogens is 1. The first kappa shape index (κ1) is 10.0. The Morgan fingerprint density at radius 1 is 1.33 bits per heavy atom. The van der Waals surface area contributed by atoms with Crippen molar-refractivity contribution in [3.63, 3.8) is 0 Å². The zero-order chi connectivity index (χ0) is 10.7. The number of hydrogen-bond acceptors (Lipinski definition) is 3. The molecule has 0 unspecified atom stereocenters. The van der Waals surface area contributed by atoms with Crippen molar-refractivity contribution in [2.75, 3.05) is 11.9 Å². The third-order valence-electron chi connectivity index (χ3n) is 2.39. The molecule has 2 aromatic rings. The lowest BCUT2D eigenvalue weighted by molar-refractivity contribution is 0.458. The summed E-state index contributed by atoms with van der Waals surface area (Å²) in [5.41, 5.74) is 0.838. The van der Waals surface area contributed by atoms with Gasteiger partial charge in [0.05, 0.1) is 5.39 Å². The Labute approximate surface area is 89.5 Å². The van der Waals surface area contributed by atoms with Gasteiger partial charge in [-0.1, -0.05) is 31.1 Å². The SMILES string of the molecule is CC(C)CCNc1noc2ccccc12. The van der Waals surface area contributed by atoms with Crippen LogP contribution < -0.4 is 5.32 Å². The Bertz CT molecular complexity index is 434. The van der Waals surface area contributed by atoms with Gasteiger partial charge in [0.25, 0.3) is 0 Å². The minimum atomic E-state index is 0.704. The third kappa shape index (κ3) is 2.29. The first-order valence-electron chi connectivity index (χ1n) is 5.35.